The summed E-state index contributed by atoms with van der Waals surface area (Å²) in [6.45, 7) is 1.60. The molecule has 1 aromatic carbocycles. The van der Waals surface area contributed by atoms with E-state index in [1.54, 1.807) is 0 Å². The molecule has 0 aliphatic carbocycles. The number of nitrogens with two attached hydrogens (primary N) is 1. The van der Waals surface area contributed by atoms with Gasteiger partial charge in [-0.05, 0) is 52.8 Å². The van der Waals surface area contributed by atoms with Gasteiger partial charge in [0.1, 0.15) is 0 Å². The van der Waals surface area contributed by atoms with Gasteiger partial charge < -0.3 is 10.5 Å². The zero-order valence-electron chi connectivity index (χ0n) is 8.25. The standard InChI is InChI=1S/C11H13ClINO/c12-8-1-2-10(13)9(5-8)11(14)7-3-4-15-6-7/h1-2,5,7,11H,3-4,6,14H2. The van der Waals surface area contributed by atoms with Gasteiger partial charge in [0, 0.05) is 27.2 Å². The Hall–Kier alpha value is 0.160. The summed E-state index contributed by atoms with van der Waals surface area (Å²) in [6, 6.07) is 5.91. The second kappa shape index (κ2) is 4.99. The van der Waals surface area contributed by atoms with Crippen molar-refractivity contribution in [3.05, 3.63) is 32.4 Å². The fourth-order valence-corrected chi connectivity index (χ4v) is 2.74. The van der Waals surface area contributed by atoms with Crippen molar-refractivity contribution in [2.75, 3.05) is 13.2 Å². The Balaban J connectivity index is 2.23. The molecule has 1 saturated heterocycles. The van der Waals surface area contributed by atoms with Crippen LogP contribution >= 0.6 is 34.2 Å². The SMILES string of the molecule is NC(c1cc(Cl)ccc1I)C1CCOC1. The molecular weight excluding hydrogens is 324 g/mol. The molecule has 2 atom stereocenters. The molecule has 1 fully saturated rings. The number of ether oxygens (including phenoxy) is 1. The highest BCUT2D eigenvalue weighted by molar-refractivity contribution is 14.1. The van der Waals surface area contributed by atoms with Crippen molar-refractivity contribution in [2.24, 2.45) is 11.7 Å². The van der Waals surface area contributed by atoms with Crippen LogP contribution in [0, 0.1) is 9.49 Å². The predicted molar refractivity (Wildman–Crippen MR) is 70.0 cm³/mol. The molecule has 0 radical (unpaired) electrons. The highest BCUT2D eigenvalue weighted by atomic mass is 127. The molecule has 2 unspecified atom stereocenters. The van der Waals surface area contributed by atoms with Gasteiger partial charge in [0.05, 0.1) is 6.61 Å². The van der Waals surface area contributed by atoms with E-state index in [1.807, 2.05) is 18.2 Å². The Bertz CT molecular complexity index is 352. The zero-order chi connectivity index (χ0) is 10.8. The molecule has 0 spiro atoms. The summed E-state index contributed by atoms with van der Waals surface area (Å²) in [6.07, 6.45) is 1.05. The first-order valence-electron chi connectivity index (χ1n) is 4.97. The van der Waals surface area contributed by atoms with E-state index in [0.717, 1.165) is 30.2 Å². The van der Waals surface area contributed by atoms with Crippen LogP contribution < -0.4 is 5.73 Å². The van der Waals surface area contributed by atoms with Crippen molar-refractivity contribution < 1.29 is 4.74 Å². The second-order valence-electron chi connectivity index (χ2n) is 3.82. The smallest absolute Gasteiger partial charge is 0.0513 e. The largest absolute Gasteiger partial charge is 0.381 e. The molecule has 0 amide bonds. The molecule has 4 heteroatoms. The highest BCUT2D eigenvalue weighted by Crippen LogP contribution is 2.31. The third-order valence-electron chi connectivity index (χ3n) is 2.79. The zero-order valence-corrected chi connectivity index (χ0v) is 11.2. The van der Waals surface area contributed by atoms with Gasteiger partial charge in [-0.1, -0.05) is 11.6 Å². The van der Waals surface area contributed by atoms with Crippen LogP contribution in [-0.4, -0.2) is 13.2 Å². The fourth-order valence-electron chi connectivity index (χ4n) is 1.86. The Morgan fingerprint density at radius 1 is 1.53 bits per heavy atom. The van der Waals surface area contributed by atoms with Crippen molar-refractivity contribution in [1.82, 2.24) is 0 Å². The van der Waals surface area contributed by atoms with Gasteiger partial charge in [-0.2, -0.15) is 0 Å². The lowest BCUT2D eigenvalue weighted by molar-refractivity contribution is 0.181. The van der Waals surface area contributed by atoms with Crippen LogP contribution in [0.3, 0.4) is 0 Å². The average molecular weight is 338 g/mol. The van der Waals surface area contributed by atoms with E-state index in [0.29, 0.717) is 5.92 Å². The molecule has 1 aromatic rings. The van der Waals surface area contributed by atoms with Gasteiger partial charge in [-0.3, -0.25) is 0 Å². The van der Waals surface area contributed by atoms with Gasteiger partial charge in [-0.25, -0.2) is 0 Å². The van der Waals surface area contributed by atoms with Crippen LogP contribution in [0.5, 0.6) is 0 Å². The molecule has 1 heterocycles. The normalized spacial score (nSPS) is 23.0. The monoisotopic (exact) mass is 337 g/mol. The average Bonchev–Trinajstić information content (AvgIpc) is 2.74. The Morgan fingerprint density at radius 3 is 3.00 bits per heavy atom. The predicted octanol–water partition coefficient (Wildman–Crippen LogP) is 2.98. The maximum absolute atomic E-state index is 6.23. The van der Waals surface area contributed by atoms with Gasteiger partial charge in [-0.15, -0.1) is 0 Å². The molecule has 0 aromatic heterocycles. The van der Waals surface area contributed by atoms with Crippen LogP contribution in [-0.2, 0) is 4.74 Å². The maximum atomic E-state index is 6.23. The van der Waals surface area contributed by atoms with Crippen LogP contribution in [0.1, 0.15) is 18.0 Å². The number of halogens is 2. The van der Waals surface area contributed by atoms with E-state index in [9.17, 15) is 0 Å². The van der Waals surface area contributed by atoms with E-state index < -0.39 is 0 Å². The minimum absolute atomic E-state index is 0.0399. The number of rotatable bonds is 2. The first kappa shape index (κ1) is 11.6. The summed E-state index contributed by atoms with van der Waals surface area (Å²) in [5.41, 5.74) is 7.36. The maximum Gasteiger partial charge on any atom is 0.0513 e. The van der Waals surface area contributed by atoms with Gasteiger partial charge in [0.25, 0.3) is 0 Å². The number of hydrogen-bond acceptors (Lipinski definition) is 2. The number of hydrogen-bond donors (Lipinski definition) is 1. The van der Waals surface area contributed by atoms with Crippen molar-refractivity contribution >= 4 is 34.2 Å². The van der Waals surface area contributed by atoms with E-state index in [1.165, 1.54) is 3.57 Å². The lowest BCUT2D eigenvalue weighted by Crippen LogP contribution is -2.22. The fraction of sp³-hybridized carbons (Fsp3) is 0.455. The summed E-state index contributed by atoms with van der Waals surface area (Å²) in [5.74, 6) is 0.428. The van der Waals surface area contributed by atoms with Crippen LogP contribution in [0.4, 0.5) is 0 Å². The molecule has 0 bridgehead atoms. The van der Waals surface area contributed by atoms with Gasteiger partial charge in [0.15, 0.2) is 0 Å². The first-order chi connectivity index (χ1) is 7.18. The minimum atomic E-state index is 0.0399. The summed E-state index contributed by atoms with van der Waals surface area (Å²) >= 11 is 8.28. The second-order valence-corrected chi connectivity index (χ2v) is 5.41. The third kappa shape index (κ3) is 2.64. The van der Waals surface area contributed by atoms with Crippen molar-refractivity contribution in [1.29, 1.82) is 0 Å². The Kier molecular flexibility index (Phi) is 3.88. The van der Waals surface area contributed by atoms with E-state index >= 15 is 0 Å². The quantitative estimate of drug-likeness (QED) is 0.842. The summed E-state index contributed by atoms with van der Waals surface area (Å²) in [5, 5.41) is 0.750. The summed E-state index contributed by atoms with van der Waals surface area (Å²) in [7, 11) is 0. The van der Waals surface area contributed by atoms with Crippen LogP contribution in [0.25, 0.3) is 0 Å². The van der Waals surface area contributed by atoms with Crippen molar-refractivity contribution in [3.8, 4) is 0 Å². The molecular formula is C11H13ClINO. The van der Waals surface area contributed by atoms with E-state index in [-0.39, 0.29) is 6.04 Å². The lowest BCUT2D eigenvalue weighted by atomic mass is 9.93. The lowest BCUT2D eigenvalue weighted by Gasteiger charge is -2.19. The molecule has 2 nitrogen and oxygen atoms in total. The Morgan fingerprint density at radius 2 is 2.33 bits per heavy atom. The van der Waals surface area contributed by atoms with Crippen molar-refractivity contribution in [3.63, 3.8) is 0 Å². The molecule has 15 heavy (non-hydrogen) atoms. The number of benzene rings is 1. The van der Waals surface area contributed by atoms with Gasteiger partial charge in [0.2, 0.25) is 0 Å². The molecule has 1 aliphatic rings. The molecule has 0 saturated carbocycles. The summed E-state index contributed by atoms with van der Waals surface area (Å²) in [4.78, 5) is 0. The molecule has 2 N–H and O–H groups in total. The van der Waals surface area contributed by atoms with E-state index in [2.05, 4.69) is 22.6 Å². The highest BCUT2D eigenvalue weighted by Gasteiger charge is 2.25. The summed E-state index contributed by atoms with van der Waals surface area (Å²) < 4.78 is 6.53. The van der Waals surface area contributed by atoms with Crippen LogP contribution in [0.2, 0.25) is 5.02 Å². The first-order valence-corrected chi connectivity index (χ1v) is 6.42. The van der Waals surface area contributed by atoms with Crippen LogP contribution in [0.15, 0.2) is 18.2 Å². The van der Waals surface area contributed by atoms with Gasteiger partial charge >= 0.3 is 0 Å². The Labute approximate surface area is 108 Å². The molecule has 1 aliphatic heterocycles. The minimum Gasteiger partial charge on any atom is -0.381 e. The third-order valence-corrected chi connectivity index (χ3v) is 4.01. The molecule has 2 rings (SSSR count). The molecule has 82 valence electrons. The topological polar surface area (TPSA) is 35.2 Å². The van der Waals surface area contributed by atoms with Crippen molar-refractivity contribution in [2.45, 2.75) is 12.5 Å². The van der Waals surface area contributed by atoms with E-state index in [4.69, 9.17) is 22.1 Å².